The minimum atomic E-state index is -4.36. The smallest absolute Gasteiger partial charge is 0.381 e. The van der Waals surface area contributed by atoms with E-state index in [1.165, 1.54) is 12.1 Å². The zero-order valence-electron chi connectivity index (χ0n) is 17.3. The van der Waals surface area contributed by atoms with Gasteiger partial charge in [0, 0.05) is 32.2 Å². The van der Waals surface area contributed by atoms with E-state index >= 15 is 0 Å². The zero-order valence-corrected chi connectivity index (χ0v) is 17.3. The first kappa shape index (κ1) is 22.2. The fourth-order valence-corrected chi connectivity index (χ4v) is 3.83. The van der Waals surface area contributed by atoms with Crippen molar-refractivity contribution in [1.29, 1.82) is 0 Å². The third-order valence-electron chi connectivity index (χ3n) is 5.72. The van der Waals surface area contributed by atoms with Gasteiger partial charge in [-0.2, -0.15) is 13.2 Å². The van der Waals surface area contributed by atoms with Crippen LogP contribution in [0.25, 0.3) is 0 Å². The Kier molecular flexibility index (Phi) is 7.02. The number of alkyl halides is 3. The SMILES string of the molecule is CN=C(NCC1(c2cccc(C(F)(F)F)c2)CCOCC1)NC(C)c1ccccc1. The lowest BCUT2D eigenvalue weighted by molar-refractivity contribution is -0.137. The largest absolute Gasteiger partial charge is 0.416 e. The van der Waals surface area contributed by atoms with Crippen molar-refractivity contribution in [2.24, 2.45) is 4.99 Å². The monoisotopic (exact) mass is 419 g/mol. The van der Waals surface area contributed by atoms with Gasteiger partial charge in [0.2, 0.25) is 0 Å². The van der Waals surface area contributed by atoms with Crippen LogP contribution in [0.5, 0.6) is 0 Å². The molecule has 0 bridgehead atoms. The number of guanidine groups is 1. The first-order valence-corrected chi connectivity index (χ1v) is 10.1. The third kappa shape index (κ3) is 5.33. The minimum absolute atomic E-state index is 0.0385. The highest BCUT2D eigenvalue weighted by Crippen LogP contribution is 2.37. The standard InChI is InChI=1S/C23H28F3N3O/c1-17(18-7-4-3-5-8-18)29-21(27-2)28-16-22(11-13-30-14-12-22)19-9-6-10-20(15-19)23(24,25)26/h3-10,15,17H,11-14,16H2,1-2H3,(H2,27,28,29). The van der Waals surface area contributed by atoms with Gasteiger partial charge in [0.15, 0.2) is 5.96 Å². The van der Waals surface area contributed by atoms with Crippen molar-refractivity contribution in [3.05, 3.63) is 71.3 Å². The lowest BCUT2D eigenvalue weighted by Gasteiger charge is -2.38. The number of hydrogen-bond donors (Lipinski definition) is 2. The molecule has 1 unspecified atom stereocenters. The third-order valence-corrected chi connectivity index (χ3v) is 5.72. The summed E-state index contributed by atoms with van der Waals surface area (Å²) >= 11 is 0. The number of nitrogens with zero attached hydrogens (tertiary/aromatic N) is 1. The van der Waals surface area contributed by atoms with Crippen molar-refractivity contribution < 1.29 is 17.9 Å². The minimum Gasteiger partial charge on any atom is -0.381 e. The molecule has 7 heteroatoms. The first-order valence-electron chi connectivity index (χ1n) is 10.1. The molecule has 0 radical (unpaired) electrons. The zero-order chi connectivity index (χ0) is 21.6. The number of ether oxygens (including phenoxy) is 1. The number of halogens is 3. The number of nitrogens with one attached hydrogen (secondary N) is 2. The van der Waals surface area contributed by atoms with Crippen molar-refractivity contribution in [1.82, 2.24) is 10.6 Å². The van der Waals surface area contributed by atoms with Crippen molar-refractivity contribution in [2.45, 2.75) is 37.4 Å². The van der Waals surface area contributed by atoms with Gasteiger partial charge in [-0.15, -0.1) is 0 Å². The first-order chi connectivity index (χ1) is 14.3. The van der Waals surface area contributed by atoms with E-state index in [0.29, 0.717) is 44.1 Å². The van der Waals surface area contributed by atoms with Crippen LogP contribution in [0.4, 0.5) is 13.2 Å². The molecule has 1 aliphatic heterocycles. The number of benzene rings is 2. The van der Waals surface area contributed by atoms with Crippen LogP contribution in [0, 0.1) is 0 Å². The highest BCUT2D eigenvalue weighted by molar-refractivity contribution is 5.80. The van der Waals surface area contributed by atoms with Crippen LogP contribution in [0.2, 0.25) is 0 Å². The van der Waals surface area contributed by atoms with Gasteiger partial charge in [0.25, 0.3) is 0 Å². The van der Waals surface area contributed by atoms with Crippen LogP contribution < -0.4 is 10.6 Å². The van der Waals surface area contributed by atoms with Gasteiger partial charge in [-0.1, -0.05) is 48.5 Å². The second-order valence-electron chi connectivity index (χ2n) is 7.67. The normalized spacial score (nSPS) is 18.0. The molecule has 1 aliphatic rings. The summed E-state index contributed by atoms with van der Waals surface area (Å²) in [6.07, 6.45) is -3.07. The molecule has 0 amide bonds. The Labute approximate surface area is 175 Å². The second-order valence-corrected chi connectivity index (χ2v) is 7.67. The molecule has 1 fully saturated rings. The van der Waals surface area contributed by atoms with Gasteiger partial charge in [-0.25, -0.2) is 0 Å². The predicted octanol–water partition coefficient (Wildman–Crippen LogP) is 4.68. The molecule has 0 aromatic heterocycles. The molecule has 30 heavy (non-hydrogen) atoms. The molecule has 0 aliphatic carbocycles. The Morgan fingerprint density at radius 2 is 1.80 bits per heavy atom. The molecule has 1 atom stereocenters. The number of rotatable bonds is 5. The van der Waals surface area contributed by atoms with E-state index < -0.39 is 17.2 Å². The lowest BCUT2D eigenvalue weighted by Crippen LogP contribution is -2.48. The van der Waals surface area contributed by atoms with E-state index in [1.807, 2.05) is 37.3 Å². The molecule has 2 aromatic carbocycles. The number of hydrogen-bond acceptors (Lipinski definition) is 2. The van der Waals surface area contributed by atoms with Gasteiger partial charge >= 0.3 is 6.18 Å². The lowest BCUT2D eigenvalue weighted by atomic mass is 9.73. The van der Waals surface area contributed by atoms with Crippen LogP contribution in [-0.2, 0) is 16.3 Å². The Morgan fingerprint density at radius 3 is 2.43 bits per heavy atom. The maximum absolute atomic E-state index is 13.3. The highest BCUT2D eigenvalue weighted by Gasteiger charge is 2.37. The van der Waals surface area contributed by atoms with Gasteiger partial charge in [0.1, 0.15) is 0 Å². The van der Waals surface area contributed by atoms with Crippen molar-refractivity contribution in [2.75, 3.05) is 26.8 Å². The number of aliphatic imine (C=N–C) groups is 1. The molecular weight excluding hydrogens is 391 g/mol. The Hall–Kier alpha value is -2.54. The highest BCUT2D eigenvalue weighted by atomic mass is 19.4. The van der Waals surface area contributed by atoms with E-state index in [-0.39, 0.29) is 6.04 Å². The van der Waals surface area contributed by atoms with Gasteiger partial charge < -0.3 is 15.4 Å². The molecule has 1 heterocycles. The summed E-state index contributed by atoms with van der Waals surface area (Å²) in [4.78, 5) is 4.30. The predicted molar refractivity (Wildman–Crippen MR) is 113 cm³/mol. The summed E-state index contributed by atoms with van der Waals surface area (Å²) in [5, 5.41) is 6.69. The van der Waals surface area contributed by atoms with Crippen LogP contribution in [-0.4, -0.2) is 32.8 Å². The maximum atomic E-state index is 13.3. The average Bonchev–Trinajstić information content (AvgIpc) is 2.77. The fraction of sp³-hybridized carbons (Fsp3) is 0.435. The van der Waals surface area contributed by atoms with Gasteiger partial charge in [0.05, 0.1) is 11.6 Å². The van der Waals surface area contributed by atoms with Crippen LogP contribution in [0.1, 0.15) is 42.5 Å². The van der Waals surface area contributed by atoms with Crippen molar-refractivity contribution >= 4 is 5.96 Å². The quantitative estimate of drug-likeness (QED) is 0.546. The Bertz CT molecular complexity index is 846. The molecule has 1 saturated heterocycles. The summed E-state index contributed by atoms with van der Waals surface area (Å²) in [6, 6.07) is 15.7. The molecule has 2 N–H and O–H groups in total. The molecule has 2 aromatic rings. The average molecular weight is 419 g/mol. The van der Waals surface area contributed by atoms with Gasteiger partial charge in [-0.3, -0.25) is 4.99 Å². The maximum Gasteiger partial charge on any atom is 0.416 e. The van der Waals surface area contributed by atoms with E-state index in [9.17, 15) is 13.2 Å². The van der Waals surface area contributed by atoms with E-state index in [0.717, 1.165) is 11.6 Å². The summed E-state index contributed by atoms with van der Waals surface area (Å²) in [6.45, 7) is 3.55. The van der Waals surface area contributed by atoms with Crippen LogP contribution >= 0.6 is 0 Å². The Morgan fingerprint density at radius 1 is 1.10 bits per heavy atom. The van der Waals surface area contributed by atoms with Crippen molar-refractivity contribution in [3.63, 3.8) is 0 Å². The second kappa shape index (κ2) is 9.51. The molecule has 3 rings (SSSR count). The molecule has 162 valence electrons. The molecule has 4 nitrogen and oxygen atoms in total. The fourth-order valence-electron chi connectivity index (χ4n) is 3.83. The van der Waals surface area contributed by atoms with Crippen LogP contribution in [0.15, 0.2) is 59.6 Å². The summed E-state index contributed by atoms with van der Waals surface area (Å²) < 4.78 is 45.3. The molecule has 0 spiro atoms. The van der Waals surface area contributed by atoms with E-state index in [2.05, 4.69) is 15.6 Å². The summed E-state index contributed by atoms with van der Waals surface area (Å²) in [7, 11) is 1.69. The Balaban J connectivity index is 1.76. The molecular formula is C23H28F3N3O. The van der Waals surface area contributed by atoms with Crippen LogP contribution in [0.3, 0.4) is 0 Å². The van der Waals surface area contributed by atoms with Gasteiger partial charge in [-0.05, 0) is 37.0 Å². The topological polar surface area (TPSA) is 45.7 Å². The molecule has 0 saturated carbocycles. The van der Waals surface area contributed by atoms with Crippen molar-refractivity contribution in [3.8, 4) is 0 Å². The van der Waals surface area contributed by atoms with E-state index in [1.54, 1.807) is 13.1 Å². The summed E-state index contributed by atoms with van der Waals surface area (Å²) in [5.74, 6) is 0.615. The van der Waals surface area contributed by atoms with E-state index in [4.69, 9.17) is 4.74 Å². The summed E-state index contributed by atoms with van der Waals surface area (Å²) in [5.41, 5.74) is 0.734.